The molecule has 4 heteroatoms. The highest BCUT2D eigenvalue weighted by Gasteiger charge is 2.18. The standard InChI is InChI=1S/C14H22N2O2/c1-12(15-2)14(17)16(9-10-18-3)11-13-7-5-4-6-8-13/h4-8,12,15H,9-11H2,1-3H3. The molecular formula is C14H22N2O2. The van der Waals surface area contributed by atoms with Gasteiger partial charge in [0, 0.05) is 20.2 Å². The van der Waals surface area contributed by atoms with E-state index < -0.39 is 0 Å². The van der Waals surface area contributed by atoms with E-state index in [1.54, 1.807) is 14.2 Å². The Morgan fingerprint density at radius 2 is 2.06 bits per heavy atom. The molecule has 0 aliphatic heterocycles. The fraction of sp³-hybridized carbons (Fsp3) is 0.500. The number of amides is 1. The average molecular weight is 250 g/mol. The summed E-state index contributed by atoms with van der Waals surface area (Å²) in [7, 11) is 3.44. The largest absolute Gasteiger partial charge is 0.383 e. The van der Waals surface area contributed by atoms with E-state index in [0.29, 0.717) is 19.7 Å². The van der Waals surface area contributed by atoms with Crippen molar-refractivity contribution in [1.29, 1.82) is 0 Å². The molecule has 1 atom stereocenters. The highest BCUT2D eigenvalue weighted by molar-refractivity contribution is 5.81. The SMILES string of the molecule is CNC(C)C(=O)N(CCOC)Cc1ccccc1. The molecule has 1 aromatic rings. The number of likely N-dealkylation sites (N-methyl/N-ethyl adjacent to an activating group) is 1. The van der Waals surface area contributed by atoms with Crippen LogP contribution in [0.5, 0.6) is 0 Å². The van der Waals surface area contributed by atoms with Gasteiger partial charge in [-0.15, -0.1) is 0 Å². The molecule has 0 bridgehead atoms. The first-order chi connectivity index (χ1) is 8.69. The lowest BCUT2D eigenvalue weighted by atomic mass is 10.2. The fourth-order valence-corrected chi connectivity index (χ4v) is 1.67. The number of carbonyl (C=O) groups is 1. The van der Waals surface area contributed by atoms with Crippen LogP contribution in [-0.4, -0.2) is 44.2 Å². The van der Waals surface area contributed by atoms with Gasteiger partial charge in [-0.2, -0.15) is 0 Å². The maximum atomic E-state index is 12.2. The van der Waals surface area contributed by atoms with Gasteiger partial charge in [0.1, 0.15) is 0 Å². The van der Waals surface area contributed by atoms with Crippen molar-refractivity contribution in [2.75, 3.05) is 27.3 Å². The van der Waals surface area contributed by atoms with Crippen molar-refractivity contribution in [3.63, 3.8) is 0 Å². The smallest absolute Gasteiger partial charge is 0.239 e. The van der Waals surface area contributed by atoms with E-state index >= 15 is 0 Å². The minimum absolute atomic E-state index is 0.0957. The van der Waals surface area contributed by atoms with Crippen molar-refractivity contribution in [2.24, 2.45) is 0 Å². The lowest BCUT2D eigenvalue weighted by Crippen LogP contribution is -2.44. The third-order valence-corrected chi connectivity index (χ3v) is 2.90. The Labute approximate surface area is 109 Å². The Balaban J connectivity index is 2.69. The Bertz CT molecular complexity index is 354. The van der Waals surface area contributed by atoms with Crippen molar-refractivity contribution in [3.05, 3.63) is 35.9 Å². The maximum absolute atomic E-state index is 12.2. The summed E-state index contributed by atoms with van der Waals surface area (Å²) in [6.07, 6.45) is 0. The van der Waals surface area contributed by atoms with Gasteiger partial charge in [-0.3, -0.25) is 4.79 Å². The van der Waals surface area contributed by atoms with Crippen molar-refractivity contribution < 1.29 is 9.53 Å². The van der Waals surface area contributed by atoms with Gasteiger partial charge < -0.3 is 15.0 Å². The molecule has 0 spiro atoms. The van der Waals surface area contributed by atoms with Crippen LogP contribution >= 0.6 is 0 Å². The Morgan fingerprint density at radius 1 is 1.39 bits per heavy atom. The molecule has 0 aliphatic carbocycles. The van der Waals surface area contributed by atoms with Crippen LogP contribution in [0.25, 0.3) is 0 Å². The molecule has 1 rings (SSSR count). The Morgan fingerprint density at radius 3 is 2.61 bits per heavy atom. The van der Waals surface area contributed by atoms with E-state index in [1.165, 1.54) is 0 Å². The van der Waals surface area contributed by atoms with E-state index in [1.807, 2.05) is 42.2 Å². The second kappa shape index (κ2) is 7.84. The zero-order chi connectivity index (χ0) is 13.4. The molecule has 0 saturated heterocycles. The first-order valence-electron chi connectivity index (χ1n) is 6.18. The van der Waals surface area contributed by atoms with Gasteiger partial charge in [-0.25, -0.2) is 0 Å². The van der Waals surface area contributed by atoms with Gasteiger partial charge in [0.15, 0.2) is 0 Å². The quantitative estimate of drug-likeness (QED) is 0.792. The van der Waals surface area contributed by atoms with E-state index in [-0.39, 0.29) is 11.9 Å². The lowest BCUT2D eigenvalue weighted by Gasteiger charge is -2.25. The minimum atomic E-state index is -0.175. The first-order valence-corrected chi connectivity index (χ1v) is 6.18. The molecule has 0 aromatic heterocycles. The normalized spacial score (nSPS) is 12.2. The van der Waals surface area contributed by atoms with E-state index in [0.717, 1.165) is 5.56 Å². The van der Waals surface area contributed by atoms with Crippen molar-refractivity contribution in [2.45, 2.75) is 19.5 Å². The van der Waals surface area contributed by atoms with Gasteiger partial charge in [0.25, 0.3) is 0 Å². The maximum Gasteiger partial charge on any atom is 0.239 e. The Hall–Kier alpha value is -1.39. The molecule has 0 radical (unpaired) electrons. The second-order valence-corrected chi connectivity index (χ2v) is 4.25. The summed E-state index contributed by atoms with van der Waals surface area (Å²) in [5.74, 6) is 0.0957. The number of methoxy groups -OCH3 is 1. The summed E-state index contributed by atoms with van der Waals surface area (Å²) < 4.78 is 5.06. The number of carbonyl (C=O) groups excluding carboxylic acids is 1. The topological polar surface area (TPSA) is 41.6 Å². The van der Waals surface area contributed by atoms with Crippen LogP contribution in [0.2, 0.25) is 0 Å². The molecule has 0 saturated carbocycles. The zero-order valence-electron chi connectivity index (χ0n) is 11.3. The highest BCUT2D eigenvalue weighted by Crippen LogP contribution is 2.06. The molecule has 1 N–H and O–H groups in total. The lowest BCUT2D eigenvalue weighted by molar-refractivity contribution is -0.134. The third kappa shape index (κ3) is 4.47. The van der Waals surface area contributed by atoms with Crippen LogP contribution in [0.4, 0.5) is 0 Å². The average Bonchev–Trinajstić information content (AvgIpc) is 2.42. The van der Waals surface area contributed by atoms with Crippen LogP contribution < -0.4 is 5.32 Å². The predicted octanol–water partition coefficient (Wildman–Crippen LogP) is 1.27. The van der Waals surface area contributed by atoms with Gasteiger partial charge >= 0.3 is 0 Å². The number of hydrogen-bond acceptors (Lipinski definition) is 3. The first kappa shape index (κ1) is 14.7. The van der Waals surface area contributed by atoms with Crippen LogP contribution in [-0.2, 0) is 16.1 Å². The van der Waals surface area contributed by atoms with Crippen LogP contribution in [0, 0.1) is 0 Å². The summed E-state index contributed by atoms with van der Waals surface area (Å²) >= 11 is 0. The summed E-state index contributed by atoms with van der Waals surface area (Å²) in [6, 6.07) is 9.81. The summed E-state index contributed by atoms with van der Waals surface area (Å²) in [5, 5.41) is 2.98. The van der Waals surface area contributed by atoms with Crippen LogP contribution in [0.1, 0.15) is 12.5 Å². The van der Waals surface area contributed by atoms with Gasteiger partial charge in [-0.1, -0.05) is 30.3 Å². The van der Waals surface area contributed by atoms with Crippen LogP contribution in [0.3, 0.4) is 0 Å². The number of hydrogen-bond donors (Lipinski definition) is 1. The van der Waals surface area contributed by atoms with Crippen molar-refractivity contribution in [3.8, 4) is 0 Å². The molecule has 4 nitrogen and oxygen atoms in total. The molecule has 100 valence electrons. The minimum Gasteiger partial charge on any atom is -0.383 e. The fourth-order valence-electron chi connectivity index (χ4n) is 1.67. The molecule has 18 heavy (non-hydrogen) atoms. The molecule has 1 unspecified atom stereocenters. The second-order valence-electron chi connectivity index (χ2n) is 4.25. The monoisotopic (exact) mass is 250 g/mol. The van der Waals surface area contributed by atoms with Gasteiger partial charge in [0.05, 0.1) is 12.6 Å². The summed E-state index contributed by atoms with van der Waals surface area (Å²) in [6.45, 7) is 3.65. The van der Waals surface area contributed by atoms with E-state index in [4.69, 9.17) is 4.74 Å². The van der Waals surface area contributed by atoms with Gasteiger partial charge in [0.2, 0.25) is 5.91 Å². The number of ether oxygens (including phenoxy) is 1. The van der Waals surface area contributed by atoms with Gasteiger partial charge in [-0.05, 0) is 19.5 Å². The zero-order valence-corrected chi connectivity index (χ0v) is 11.3. The third-order valence-electron chi connectivity index (χ3n) is 2.90. The predicted molar refractivity (Wildman–Crippen MR) is 72.3 cm³/mol. The number of rotatable bonds is 7. The molecule has 0 fully saturated rings. The van der Waals surface area contributed by atoms with Crippen LogP contribution in [0.15, 0.2) is 30.3 Å². The number of benzene rings is 1. The number of nitrogens with one attached hydrogen (secondary N) is 1. The van der Waals surface area contributed by atoms with Crippen molar-refractivity contribution >= 4 is 5.91 Å². The van der Waals surface area contributed by atoms with E-state index in [9.17, 15) is 4.79 Å². The molecule has 0 aliphatic rings. The van der Waals surface area contributed by atoms with Crippen molar-refractivity contribution in [1.82, 2.24) is 10.2 Å². The summed E-state index contributed by atoms with van der Waals surface area (Å²) in [4.78, 5) is 14.0. The molecular weight excluding hydrogens is 228 g/mol. The highest BCUT2D eigenvalue weighted by atomic mass is 16.5. The molecule has 1 aromatic carbocycles. The number of nitrogens with zero attached hydrogens (tertiary/aromatic N) is 1. The molecule has 0 heterocycles. The Kier molecular flexibility index (Phi) is 6.39. The summed E-state index contributed by atoms with van der Waals surface area (Å²) in [5.41, 5.74) is 1.13. The molecule has 1 amide bonds. The van der Waals surface area contributed by atoms with E-state index in [2.05, 4.69) is 5.32 Å².